The molecule has 1 rings (SSSR count). The van der Waals surface area contributed by atoms with Crippen LogP contribution in [-0.4, -0.2) is 11.6 Å². The number of hydrogen-bond acceptors (Lipinski definition) is 3. The van der Waals surface area contributed by atoms with Crippen LogP contribution in [0.5, 0.6) is 5.75 Å². The third kappa shape index (κ3) is 2.45. The molecule has 0 aliphatic heterocycles. The maximum Gasteiger partial charge on any atom is 0.391 e. The molecular weight excluding hydrogens is 187 g/mol. The first-order chi connectivity index (χ1) is 6.56. The lowest BCUT2D eigenvalue weighted by atomic mass is 10.1. The quantitative estimate of drug-likeness (QED) is 0.747. The third-order valence-corrected chi connectivity index (χ3v) is 1.68. The van der Waals surface area contributed by atoms with Crippen LogP contribution in [0.3, 0.4) is 0 Å². The Morgan fingerprint density at radius 2 is 1.86 bits per heavy atom. The highest BCUT2D eigenvalue weighted by atomic mass is 19.3. The van der Waals surface area contributed by atoms with E-state index in [1.165, 1.54) is 13.8 Å². The van der Waals surface area contributed by atoms with Gasteiger partial charge in [-0.1, -0.05) is 18.2 Å². The van der Waals surface area contributed by atoms with Crippen LogP contribution in [0.25, 0.3) is 0 Å². The van der Waals surface area contributed by atoms with E-state index in [2.05, 4.69) is 4.94 Å². The van der Waals surface area contributed by atoms with Crippen molar-refractivity contribution in [3.8, 4) is 5.75 Å². The fourth-order valence-electron chi connectivity index (χ4n) is 0.918. The van der Waals surface area contributed by atoms with Crippen LogP contribution >= 0.6 is 0 Å². The summed E-state index contributed by atoms with van der Waals surface area (Å²) in [6.45, 7) is 2.86. The van der Waals surface area contributed by atoms with Gasteiger partial charge in [-0.3, -0.25) is 4.94 Å². The summed E-state index contributed by atoms with van der Waals surface area (Å²) in [7, 11) is 0. The number of rotatable bonds is 3. The first-order valence-corrected chi connectivity index (χ1v) is 4.13. The molecule has 0 aromatic heterocycles. The van der Waals surface area contributed by atoms with Crippen molar-refractivity contribution in [1.82, 2.24) is 0 Å². The fraction of sp³-hybridized carbons (Fsp3) is 0.300. The Balaban J connectivity index is 2.73. The van der Waals surface area contributed by atoms with Gasteiger partial charge in [-0.25, -0.2) is 4.79 Å². The van der Waals surface area contributed by atoms with Gasteiger partial charge in [-0.05, 0) is 26.0 Å². The van der Waals surface area contributed by atoms with Crippen molar-refractivity contribution < 1.29 is 19.0 Å². The Morgan fingerprint density at radius 3 is 2.36 bits per heavy atom. The van der Waals surface area contributed by atoms with Crippen molar-refractivity contribution in [2.24, 2.45) is 0 Å². The zero-order chi connectivity index (χ0) is 10.6. The van der Waals surface area contributed by atoms with Gasteiger partial charge in [-0.2, -0.15) is 0 Å². The molecule has 0 heterocycles. The number of benzene rings is 1. The number of halogens is 1. The molecule has 0 N–H and O–H groups in total. The lowest BCUT2D eigenvalue weighted by Crippen LogP contribution is -2.38. The molecule has 3 nitrogen and oxygen atoms in total. The Labute approximate surface area is 81.3 Å². The largest absolute Gasteiger partial charge is 0.476 e. The topological polar surface area (TPSA) is 35.5 Å². The highest BCUT2D eigenvalue weighted by Gasteiger charge is 2.32. The molecule has 1 aromatic carbocycles. The molecule has 0 spiro atoms. The second kappa shape index (κ2) is 4.09. The van der Waals surface area contributed by atoms with Gasteiger partial charge in [0.15, 0.2) is 0 Å². The van der Waals surface area contributed by atoms with Crippen LogP contribution in [0.4, 0.5) is 4.53 Å². The average Bonchev–Trinajstić information content (AvgIpc) is 2.17. The molecule has 0 saturated carbocycles. The first kappa shape index (κ1) is 10.5. The molecule has 0 saturated heterocycles. The van der Waals surface area contributed by atoms with Crippen LogP contribution in [0.15, 0.2) is 30.3 Å². The number of hydrogen-bond donors (Lipinski definition) is 0. The van der Waals surface area contributed by atoms with Gasteiger partial charge in [0.05, 0.1) is 0 Å². The summed E-state index contributed by atoms with van der Waals surface area (Å²) in [5.41, 5.74) is -1.32. The van der Waals surface area contributed by atoms with Gasteiger partial charge in [0.2, 0.25) is 5.60 Å². The molecule has 0 amide bonds. The fourth-order valence-corrected chi connectivity index (χ4v) is 0.918. The van der Waals surface area contributed by atoms with Crippen molar-refractivity contribution in [1.29, 1.82) is 0 Å². The maximum absolute atomic E-state index is 11.7. The van der Waals surface area contributed by atoms with E-state index in [-0.39, 0.29) is 0 Å². The molecule has 0 fully saturated rings. The summed E-state index contributed by atoms with van der Waals surface area (Å²) in [5, 5.41) is 0. The number of carbonyl (C=O) groups is 1. The SMILES string of the molecule is CC(C)(Oc1ccccc1)C(=O)OF. The molecule has 0 aliphatic rings. The second-order valence-corrected chi connectivity index (χ2v) is 3.29. The highest BCUT2D eigenvalue weighted by Crippen LogP contribution is 2.18. The minimum atomic E-state index is -1.32. The van der Waals surface area contributed by atoms with Gasteiger partial charge < -0.3 is 4.74 Å². The Morgan fingerprint density at radius 1 is 1.29 bits per heavy atom. The van der Waals surface area contributed by atoms with Gasteiger partial charge in [0.1, 0.15) is 5.75 Å². The van der Waals surface area contributed by atoms with E-state index in [1.807, 2.05) is 6.07 Å². The van der Waals surface area contributed by atoms with Crippen LogP contribution in [0.1, 0.15) is 13.8 Å². The van der Waals surface area contributed by atoms with Crippen molar-refractivity contribution in [2.45, 2.75) is 19.4 Å². The number of ether oxygens (including phenoxy) is 1. The molecule has 4 heteroatoms. The van der Waals surface area contributed by atoms with Crippen molar-refractivity contribution >= 4 is 5.97 Å². The lowest BCUT2D eigenvalue weighted by Gasteiger charge is -2.21. The summed E-state index contributed by atoms with van der Waals surface area (Å²) >= 11 is 0. The van der Waals surface area contributed by atoms with E-state index >= 15 is 0 Å². The average molecular weight is 198 g/mol. The summed E-state index contributed by atoms with van der Waals surface area (Å²) in [5.74, 6) is -0.566. The highest BCUT2D eigenvalue weighted by molar-refractivity contribution is 5.78. The van der Waals surface area contributed by atoms with Gasteiger partial charge in [0, 0.05) is 4.53 Å². The maximum atomic E-state index is 11.7. The van der Waals surface area contributed by atoms with Crippen LogP contribution < -0.4 is 4.74 Å². The Bertz CT molecular complexity index is 308. The third-order valence-electron chi connectivity index (χ3n) is 1.68. The molecule has 76 valence electrons. The predicted octanol–water partition coefficient (Wildman–Crippen LogP) is 2.27. The summed E-state index contributed by atoms with van der Waals surface area (Å²) < 4.78 is 16.9. The van der Waals surface area contributed by atoms with Crippen molar-refractivity contribution in [3.05, 3.63) is 30.3 Å². The molecular formula is C10H11FO3. The van der Waals surface area contributed by atoms with E-state index in [0.717, 1.165) is 0 Å². The molecule has 14 heavy (non-hydrogen) atoms. The lowest BCUT2D eigenvalue weighted by molar-refractivity contribution is -0.199. The molecule has 0 radical (unpaired) electrons. The standard InChI is InChI=1S/C10H11FO3/c1-10(2,9(12)14-11)13-8-6-4-3-5-7-8/h3-7H,1-2H3. The van der Waals surface area contributed by atoms with Crippen molar-refractivity contribution in [2.75, 3.05) is 0 Å². The minimum Gasteiger partial charge on any atom is -0.476 e. The Kier molecular flexibility index (Phi) is 3.06. The number of carbonyl (C=O) groups excluding carboxylic acids is 1. The summed E-state index contributed by atoms with van der Waals surface area (Å²) in [6.07, 6.45) is 0. The molecule has 0 unspecified atom stereocenters. The first-order valence-electron chi connectivity index (χ1n) is 4.13. The Hall–Kier alpha value is -1.58. The van der Waals surface area contributed by atoms with E-state index in [0.29, 0.717) is 5.75 Å². The van der Waals surface area contributed by atoms with E-state index in [9.17, 15) is 9.32 Å². The van der Waals surface area contributed by atoms with Crippen LogP contribution in [-0.2, 0) is 9.74 Å². The van der Waals surface area contributed by atoms with Gasteiger partial charge >= 0.3 is 5.97 Å². The molecule has 0 atom stereocenters. The van der Waals surface area contributed by atoms with E-state index in [1.54, 1.807) is 24.3 Å². The summed E-state index contributed by atoms with van der Waals surface area (Å²) in [6, 6.07) is 8.67. The monoisotopic (exact) mass is 198 g/mol. The summed E-state index contributed by atoms with van der Waals surface area (Å²) in [4.78, 5) is 14.0. The van der Waals surface area contributed by atoms with Gasteiger partial charge in [0.25, 0.3) is 0 Å². The normalized spacial score (nSPS) is 10.8. The molecule has 1 aromatic rings. The smallest absolute Gasteiger partial charge is 0.391 e. The second-order valence-electron chi connectivity index (χ2n) is 3.29. The predicted molar refractivity (Wildman–Crippen MR) is 48.3 cm³/mol. The van der Waals surface area contributed by atoms with Gasteiger partial charge in [-0.15, -0.1) is 0 Å². The van der Waals surface area contributed by atoms with Crippen LogP contribution in [0, 0.1) is 0 Å². The molecule has 0 bridgehead atoms. The zero-order valence-electron chi connectivity index (χ0n) is 7.99. The van der Waals surface area contributed by atoms with Crippen LogP contribution in [0.2, 0.25) is 0 Å². The van der Waals surface area contributed by atoms with E-state index in [4.69, 9.17) is 4.74 Å². The van der Waals surface area contributed by atoms with Crippen molar-refractivity contribution in [3.63, 3.8) is 0 Å². The number of para-hydroxylation sites is 1. The zero-order valence-corrected chi connectivity index (χ0v) is 7.99. The molecule has 0 aliphatic carbocycles. The minimum absolute atomic E-state index is 0.489. The van der Waals surface area contributed by atoms with E-state index < -0.39 is 11.6 Å².